The highest BCUT2D eigenvalue weighted by Gasteiger charge is 2.61. The molecule has 0 aromatic heterocycles. The Morgan fingerprint density at radius 3 is 2.40 bits per heavy atom. The van der Waals surface area contributed by atoms with Gasteiger partial charge in [0.1, 0.15) is 0 Å². The van der Waals surface area contributed by atoms with Crippen LogP contribution in [-0.4, -0.2) is 11.9 Å². The van der Waals surface area contributed by atoms with Crippen LogP contribution in [0.3, 0.4) is 0 Å². The SMILES string of the molecule is CC1(C)[C@@H]2CC[C@@]1(C)[C@@H](NC(=O)c1ccc(Br)cc1)C2. The third-order valence-electron chi connectivity index (χ3n) is 6.21. The first kappa shape index (κ1) is 14.1. The fourth-order valence-electron chi connectivity index (χ4n) is 4.26. The summed E-state index contributed by atoms with van der Waals surface area (Å²) in [6.45, 7) is 7.10. The number of halogens is 1. The molecular formula is C17H22BrNO. The van der Waals surface area contributed by atoms with E-state index in [-0.39, 0.29) is 11.3 Å². The standard InChI is InChI=1S/C17H22BrNO/c1-16(2)12-8-9-17(16,3)14(10-12)19-15(20)11-4-6-13(18)7-5-11/h4-7,12,14H,8-10H2,1-3H3,(H,19,20)/t12-,14+,17+/m1/s1. The zero-order valence-electron chi connectivity index (χ0n) is 12.4. The number of carbonyl (C=O) groups excluding carboxylic acids is 1. The van der Waals surface area contributed by atoms with Crippen molar-refractivity contribution in [2.75, 3.05) is 0 Å². The van der Waals surface area contributed by atoms with Crippen LogP contribution in [0.1, 0.15) is 50.4 Å². The number of hydrogen-bond acceptors (Lipinski definition) is 1. The van der Waals surface area contributed by atoms with Crippen molar-refractivity contribution < 1.29 is 4.79 Å². The quantitative estimate of drug-likeness (QED) is 0.852. The van der Waals surface area contributed by atoms with Gasteiger partial charge in [0, 0.05) is 16.1 Å². The molecule has 0 radical (unpaired) electrons. The van der Waals surface area contributed by atoms with Crippen molar-refractivity contribution in [1.29, 1.82) is 0 Å². The zero-order valence-corrected chi connectivity index (χ0v) is 14.0. The molecule has 2 fully saturated rings. The summed E-state index contributed by atoms with van der Waals surface area (Å²) in [6, 6.07) is 7.90. The molecule has 2 aliphatic carbocycles. The molecule has 108 valence electrons. The Hall–Kier alpha value is -0.830. The lowest BCUT2D eigenvalue weighted by atomic mass is 9.69. The molecule has 2 nitrogen and oxygen atoms in total. The summed E-state index contributed by atoms with van der Waals surface area (Å²) in [6.07, 6.45) is 3.68. The number of benzene rings is 1. The first-order chi connectivity index (χ1) is 9.34. The van der Waals surface area contributed by atoms with E-state index < -0.39 is 0 Å². The predicted octanol–water partition coefficient (Wildman–Crippen LogP) is 4.39. The molecule has 1 aromatic carbocycles. The number of nitrogens with one attached hydrogen (secondary N) is 1. The molecule has 1 aromatic rings. The molecule has 3 atom stereocenters. The fourth-order valence-corrected chi connectivity index (χ4v) is 4.53. The van der Waals surface area contributed by atoms with Gasteiger partial charge < -0.3 is 5.32 Å². The maximum absolute atomic E-state index is 12.4. The van der Waals surface area contributed by atoms with Crippen LogP contribution < -0.4 is 5.32 Å². The highest BCUT2D eigenvalue weighted by atomic mass is 79.9. The van der Waals surface area contributed by atoms with Crippen LogP contribution in [0.5, 0.6) is 0 Å². The van der Waals surface area contributed by atoms with E-state index in [9.17, 15) is 4.79 Å². The average Bonchev–Trinajstić information content (AvgIpc) is 2.72. The van der Waals surface area contributed by atoms with Gasteiger partial charge in [0.25, 0.3) is 5.91 Å². The second-order valence-corrected chi connectivity index (χ2v) is 8.06. The molecule has 3 heteroatoms. The normalized spacial score (nSPS) is 34.2. The lowest BCUT2D eigenvalue weighted by Crippen LogP contribution is -2.46. The fraction of sp³-hybridized carbons (Fsp3) is 0.588. The van der Waals surface area contributed by atoms with Gasteiger partial charge in [0.15, 0.2) is 0 Å². The first-order valence-corrected chi connectivity index (χ1v) is 8.20. The van der Waals surface area contributed by atoms with Crippen molar-refractivity contribution in [1.82, 2.24) is 5.32 Å². The molecule has 1 amide bonds. The Kier molecular flexibility index (Phi) is 3.24. The maximum atomic E-state index is 12.4. The summed E-state index contributed by atoms with van der Waals surface area (Å²) < 4.78 is 1.00. The Bertz CT molecular complexity index is 536. The maximum Gasteiger partial charge on any atom is 0.251 e. The number of carbonyl (C=O) groups is 1. The molecule has 0 aliphatic heterocycles. The third kappa shape index (κ3) is 1.93. The molecule has 2 aliphatic rings. The van der Waals surface area contributed by atoms with Crippen LogP contribution in [0.15, 0.2) is 28.7 Å². The van der Waals surface area contributed by atoms with Gasteiger partial charge in [0.05, 0.1) is 0 Å². The summed E-state index contributed by atoms with van der Waals surface area (Å²) in [5.74, 6) is 0.815. The molecule has 3 rings (SSSR count). The molecule has 1 N–H and O–H groups in total. The van der Waals surface area contributed by atoms with Gasteiger partial charge in [-0.05, 0) is 60.3 Å². The first-order valence-electron chi connectivity index (χ1n) is 7.41. The van der Waals surface area contributed by atoms with Crippen LogP contribution in [0, 0.1) is 16.7 Å². The van der Waals surface area contributed by atoms with Crippen molar-refractivity contribution in [3.63, 3.8) is 0 Å². The van der Waals surface area contributed by atoms with Gasteiger partial charge >= 0.3 is 0 Å². The van der Waals surface area contributed by atoms with E-state index in [1.165, 1.54) is 12.8 Å². The minimum Gasteiger partial charge on any atom is -0.349 e. The highest BCUT2D eigenvalue weighted by Crippen LogP contribution is 2.65. The lowest BCUT2D eigenvalue weighted by Gasteiger charge is -2.39. The van der Waals surface area contributed by atoms with E-state index in [1.54, 1.807) is 0 Å². The average molecular weight is 336 g/mol. The predicted molar refractivity (Wildman–Crippen MR) is 84.6 cm³/mol. The van der Waals surface area contributed by atoms with E-state index in [0.717, 1.165) is 22.4 Å². The Labute approximate surface area is 129 Å². The minimum atomic E-state index is 0.0621. The van der Waals surface area contributed by atoms with Crippen molar-refractivity contribution in [3.05, 3.63) is 34.3 Å². The summed E-state index contributed by atoms with van der Waals surface area (Å²) in [5, 5.41) is 3.29. The van der Waals surface area contributed by atoms with Crippen molar-refractivity contribution in [3.8, 4) is 0 Å². The molecule has 0 heterocycles. The van der Waals surface area contributed by atoms with Crippen LogP contribution >= 0.6 is 15.9 Å². The van der Waals surface area contributed by atoms with E-state index in [2.05, 4.69) is 42.0 Å². The molecule has 0 spiro atoms. The number of rotatable bonds is 2. The van der Waals surface area contributed by atoms with Crippen molar-refractivity contribution in [2.24, 2.45) is 16.7 Å². The highest BCUT2D eigenvalue weighted by molar-refractivity contribution is 9.10. The van der Waals surface area contributed by atoms with Crippen LogP contribution in [-0.2, 0) is 0 Å². The molecule has 0 unspecified atom stereocenters. The van der Waals surface area contributed by atoms with E-state index >= 15 is 0 Å². The van der Waals surface area contributed by atoms with Crippen molar-refractivity contribution >= 4 is 21.8 Å². The van der Waals surface area contributed by atoms with Crippen molar-refractivity contribution in [2.45, 2.75) is 46.1 Å². The van der Waals surface area contributed by atoms with Gasteiger partial charge in [-0.25, -0.2) is 0 Å². The molecule has 20 heavy (non-hydrogen) atoms. The Morgan fingerprint density at radius 1 is 1.25 bits per heavy atom. The van der Waals surface area contributed by atoms with Crippen LogP contribution in [0.2, 0.25) is 0 Å². The van der Waals surface area contributed by atoms with E-state index in [0.29, 0.717) is 11.5 Å². The minimum absolute atomic E-state index is 0.0621. The van der Waals surface area contributed by atoms with E-state index in [1.807, 2.05) is 24.3 Å². The van der Waals surface area contributed by atoms with Gasteiger partial charge in [-0.1, -0.05) is 36.7 Å². The van der Waals surface area contributed by atoms with Gasteiger partial charge in [-0.15, -0.1) is 0 Å². The Balaban J connectivity index is 1.76. The monoisotopic (exact) mass is 335 g/mol. The Morgan fingerprint density at radius 2 is 1.90 bits per heavy atom. The summed E-state index contributed by atoms with van der Waals surface area (Å²) in [4.78, 5) is 12.4. The van der Waals surface area contributed by atoms with E-state index in [4.69, 9.17) is 0 Å². The van der Waals surface area contributed by atoms with Crippen LogP contribution in [0.4, 0.5) is 0 Å². The third-order valence-corrected chi connectivity index (χ3v) is 6.73. The lowest BCUT2D eigenvalue weighted by molar-refractivity contribution is 0.0826. The topological polar surface area (TPSA) is 29.1 Å². The molecule has 2 saturated carbocycles. The molecule has 2 bridgehead atoms. The summed E-state index contributed by atoms with van der Waals surface area (Å²) in [7, 11) is 0. The van der Waals surface area contributed by atoms with Gasteiger partial charge in [-0.2, -0.15) is 0 Å². The largest absolute Gasteiger partial charge is 0.349 e. The second-order valence-electron chi connectivity index (χ2n) is 7.14. The summed E-state index contributed by atoms with van der Waals surface area (Å²) >= 11 is 3.40. The number of fused-ring (bicyclic) bond motifs is 2. The molecular weight excluding hydrogens is 314 g/mol. The summed E-state index contributed by atoms with van der Waals surface area (Å²) in [5.41, 5.74) is 1.32. The second kappa shape index (κ2) is 4.59. The zero-order chi connectivity index (χ0) is 14.5. The smallest absolute Gasteiger partial charge is 0.251 e. The van der Waals surface area contributed by atoms with Crippen LogP contribution in [0.25, 0.3) is 0 Å². The van der Waals surface area contributed by atoms with Gasteiger partial charge in [-0.3, -0.25) is 4.79 Å². The van der Waals surface area contributed by atoms with Gasteiger partial charge in [0.2, 0.25) is 0 Å². The molecule has 0 saturated heterocycles. The number of amides is 1. The number of hydrogen-bond donors (Lipinski definition) is 1.